The largest absolute Gasteiger partial charge is 0.450 e. The zero-order valence-corrected chi connectivity index (χ0v) is 20.5. The van der Waals surface area contributed by atoms with Crippen LogP contribution in [0.2, 0.25) is 0 Å². The Morgan fingerprint density at radius 3 is 2.51 bits per heavy atom. The lowest BCUT2D eigenvalue weighted by molar-refractivity contribution is -0.385. The molecule has 1 amide bonds. The highest BCUT2D eigenvalue weighted by Crippen LogP contribution is 2.39. The molecule has 12 heteroatoms. The minimum Gasteiger partial charge on any atom is -0.450 e. The first-order chi connectivity index (χ1) is 16.5. The Morgan fingerprint density at radius 1 is 1.09 bits per heavy atom. The number of carbonyl (C=O) groups is 1. The summed E-state index contributed by atoms with van der Waals surface area (Å²) >= 11 is 9.85. The summed E-state index contributed by atoms with van der Waals surface area (Å²) in [6, 6.07) is 15.4. The minimum absolute atomic E-state index is 0.143. The molecule has 0 spiro atoms. The van der Waals surface area contributed by atoms with Crippen LogP contribution in [0.5, 0.6) is 11.5 Å². The third kappa shape index (κ3) is 5.55. The molecular formula is C23H12BrF3N2O4S2. The van der Waals surface area contributed by atoms with Crippen LogP contribution in [-0.4, -0.2) is 15.2 Å². The van der Waals surface area contributed by atoms with Crippen LogP contribution in [0.15, 0.2) is 76.1 Å². The molecule has 1 aliphatic heterocycles. The maximum Gasteiger partial charge on any atom is 0.416 e. The third-order valence-corrected chi connectivity index (χ3v) is 6.52. The Morgan fingerprint density at radius 2 is 1.83 bits per heavy atom. The fourth-order valence-electron chi connectivity index (χ4n) is 3.17. The number of amides is 1. The first-order valence-electron chi connectivity index (χ1n) is 9.70. The van der Waals surface area contributed by atoms with Crippen molar-refractivity contribution in [1.82, 2.24) is 0 Å². The summed E-state index contributed by atoms with van der Waals surface area (Å²) in [7, 11) is 0. The molecule has 1 fully saturated rings. The Bertz CT molecular complexity index is 1400. The summed E-state index contributed by atoms with van der Waals surface area (Å²) in [6.45, 7) is 0. The van der Waals surface area contributed by atoms with Crippen molar-refractivity contribution in [3.05, 3.63) is 97.3 Å². The molecular weight excluding hydrogens is 569 g/mol. The Hall–Kier alpha value is -3.22. The molecule has 0 saturated carbocycles. The summed E-state index contributed by atoms with van der Waals surface area (Å²) in [5, 5.41) is 11.3. The number of hydrogen-bond donors (Lipinski definition) is 0. The zero-order valence-electron chi connectivity index (χ0n) is 17.3. The first-order valence-corrected chi connectivity index (χ1v) is 11.7. The molecule has 1 heterocycles. The molecule has 0 bridgehead atoms. The highest BCUT2D eigenvalue weighted by atomic mass is 79.9. The second-order valence-electron chi connectivity index (χ2n) is 7.11. The van der Waals surface area contributed by atoms with Gasteiger partial charge in [-0.2, -0.15) is 13.2 Å². The zero-order chi connectivity index (χ0) is 25.3. The predicted molar refractivity (Wildman–Crippen MR) is 134 cm³/mol. The molecule has 1 aliphatic rings. The van der Waals surface area contributed by atoms with Crippen molar-refractivity contribution in [1.29, 1.82) is 0 Å². The van der Waals surface area contributed by atoms with Gasteiger partial charge in [0.2, 0.25) is 5.75 Å². The van der Waals surface area contributed by atoms with E-state index in [2.05, 4.69) is 15.9 Å². The number of halogens is 4. The molecule has 0 radical (unpaired) electrons. The van der Waals surface area contributed by atoms with Crippen LogP contribution in [0.3, 0.4) is 0 Å². The lowest BCUT2D eigenvalue weighted by Crippen LogP contribution is -2.27. The summed E-state index contributed by atoms with van der Waals surface area (Å²) in [5.74, 6) is -0.520. The van der Waals surface area contributed by atoms with Crippen molar-refractivity contribution in [2.75, 3.05) is 4.90 Å². The van der Waals surface area contributed by atoms with Crippen LogP contribution >= 0.6 is 39.9 Å². The number of rotatable bonds is 5. The summed E-state index contributed by atoms with van der Waals surface area (Å²) in [4.78, 5) is 25.1. The van der Waals surface area contributed by atoms with Gasteiger partial charge in [-0.1, -0.05) is 58.1 Å². The Balaban J connectivity index is 1.60. The SMILES string of the molecule is O=C1/C(=C\c2cccc(Oc3ccc(C(F)(F)F)cc3[N+](=O)[O-])c2)SC(=S)N1c1cccc(Br)c1. The second-order valence-corrected chi connectivity index (χ2v) is 9.70. The van der Waals surface area contributed by atoms with Crippen molar-refractivity contribution in [2.45, 2.75) is 6.18 Å². The van der Waals surface area contributed by atoms with Gasteiger partial charge in [0.1, 0.15) is 5.75 Å². The average molecular weight is 581 g/mol. The van der Waals surface area contributed by atoms with Crippen molar-refractivity contribution >= 4 is 67.6 Å². The smallest absolute Gasteiger partial charge is 0.416 e. The van der Waals surface area contributed by atoms with Gasteiger partial charge < -0.3 is 4.74 Å². The molecule has 6 nitrogen and oxygen atoms in total. The third-order valence-electron chi connectivity index (χ3n) is 4.73. The molecule has 0 aromatic heterocycles. The summed E-state index contributed by atoms with van der Waals surface area (Å²) < 4.78 is 45.5. The normalized spacial score (nSPS) is 15.1. The van der Waals surface area contributed by atoms with Gasteiger partial charge in [0, 0.05) is 10.5 Å². The van der Waals surface area contributed by atoms with Crippen LogP contribution in [0.25, 0.3) is 6.08 Å². The fraction of sp³-hybridized carbons (Fsp3) is 0.0435. The number of nitro groups is 1. The van der Waals surface area contributed by atoms with E-state index in [4.69, 9.17) is 17.0 Å². The molecule has 178 valence electrons. The van der Waals surface area contributed by atoms with Crippen LogP contribution in [0, 0.1) is 10.1 Å². The maximum absolute atomic E-state index is 13.0. The molecule has 0 aliphatic carbocycles. The van der Waals surface area contributed by atoms with Gasteiger partial charge in [-0.3, -0.25) is 19.8 Å². The van der Waals surface area contributed by atoms with E-state index in [1.165, 1.54) is 17.0 Å². The van der Waals surface area contributed by atoms with Gasteiger partial charge in [-0.15, -0.1) is 0 Å². The number of thioether (sulfide) groups is 1. The van der Waals surface area contributed by atoms with E-state index in [-0.39, 0.29) is 17.4 Å². The van der Waals surface area contributed by atoms with Gasteiger partial charge in [0.05, 0.1) is 21.1 Å². The monoisotopic (exact) mass is 580 g/mol. The van der Waals surface area contributed by atoms with Crippen molar-refractivity contribution in [3.8, 4) is 11.5 Å². The molecule has 4 rings (SSSR count). The Labute approximate surface area is 214 Å². The quantitative estimate of drug-likeness (QED) is 0.134. The van der Waals surface area contributed by atoms with Crippen molar-refractivity contribution < 1.29 is 27.6 Å². The minimum atomic E-state index is -4.73. The summed E-state index contributed by atoms with van der Waals surface area (Å²) in [5.41, 5.74) is -0.832. The second kappa shape index (κ2) is 9.80. The summed E-state index contributed by atoms with van der Waals surface area (Å²) in [6.07, 6.45) is -3.14. The van der Waals surface area contributed by atoms with Crippen LogP contribution < -0.4 is 9.64 Å². The maximum atomic E-state index is 13.0. The molecule has 35 heavy (non-hydrogen) atoms. The van der Waals surface area contributed by atoms with Crippen molar-refractivity contribution in [3.63, 3.8) is 0 Å². The number of thiocarbonyl (C=S) groups is 1. The molecule has 3 aromatic rings. The van der Waals surface area contributed by atoms with E-state index < -0.39 is 22.4 Å². The number of alkyl halides is 3. The lowest BCUT2D eigenvalue weighted by atomic mass is 10.1. The van der Waals surface area contributed by atoms with E-state index in [0.29, 0.717) is 32.6 Å². The van der Waals surface area contributed by atoms with Gasteiger partial charge in [0.25, 0.3) is 5.91 Å². The fourth-order valence-corrected chi connectivity index (χ4v) is 4.86. The van der Waals surface area contributed by atoms with Crippen LogP contribution in [-0.2, 0) is 11.0 Å². The lowest BCUT2D eigenvalue weighted by Gasteiger charge is -2.14. The number of carbonyl (C=O) groups excluding carboxylic acids is 1. The van der Waals surface area contributed by atoms with Crippen LogP contribution in [0.4, 0.5) is 24.5 Å². The highest BCUT2D eigenvalue weighted by molar-refractivity contribution is 9.10. The molecule has 1 saturated heterocycles. The van der Waals surface area contributed by atoms with Crippen molar-refractivity contribution in [2.24, 2.45) is 0 Å². The first kappa shape index (κ1) is 24.9. The molecule has 3 aromatic carbocycles. The molecule has 0 unspecified atom stereocenters. The number of nitrogens with zero attached hydrogens (tertiary/aromatic N) is 2. The van der Waals surface area contributed by atoms with Gasteiger partial charge in [-0.25, -0.2) is 0 Å². The van der Waals surface area contributed by atoms with E-state index in [0.717, 1.165) is 22.3 Å². The molecule has 0 N–H and O–H groups in total. The van der Waals surface area contributed by atoms with Gasteiger partial charge >= 0.3 is 11.9 Å². The van der Waals surface area contributed by atoms with E-state index in [1.807, 2.05) is 6.07 Å². The average Bonchev–Trinajstić information content (AvgIpc) is 3.06. The van der Waals surface area contributed by atoms with Gasteiger partial charge in [0.15, 0.2) is 4.32 Å². The number of nitro benzene ring substituents is 1. The van der Waals surface area contributed by atoms with E-state index in [1.54, 1.807) is 36.4 Å². The number of hydrogen-bond acceptors (Lipinski definition) is 6. The van der Waals surface area contributed by atoms with Gasteiger partial charge in [-0.05, 0) is 54.1 Å². The number of anilines is 1. The Kier molecular flexibility index (Phi) is 6.97. The predicted octanol–water partition coefficient (Wildman–Crippen LogP) is 7.57. The highest BCUT2D eigenvalue weighted by Gasteiger charge is 2.34. The number of ether oxygens (including phenoxy) is 1. The number of benzene rings is 3. The van der Waals surface area contributed by atoms with E-state index >= 15 is 0 Å². The standard InChI is InChI=1S/C23H12BrF3N2O4S2/c24-15-4-2-5-16(12-15)28-21(30)20(35-22(28)34)10-13-3-1-6-17(9-13)33-19-8-7-14(23(25,26)27)11-18(19)29(31)32/h1-12H/b20-10+. The van der Waals surface area contributed by atoms with Crippen LogP contribution in [0.1, 0.15) is 11.1 Å². The van der Waals surface area contributed by atoms with E-state index in [9.17, 15) is 28.1 Å². The molecule has 0 atom stereocenters. The topological polar surface area (TPSA) is 72.7 Å².